The van der Waals surface area contributed by atoms with Gasteiger partial charge in [0.2, 0.25) is 0 Å². The third-order valence-electron chi connectivity index (χ3n) is 4.42. The molecule has 4 rings (SSSR count). The highest BCUT2D eigenvalue weighted by atomic mass is 32.1. The predicted octanol–water partition coefficient (Wildman–Crippen LogP) is 7.65. The largest absolute Gasteiger partial charge is 0.494 e. The van der Waals surface area contributed by atoms with Crippen molar-refractivity contribution in [2.24, 2.45) is 0 Å². The predicted molar refractivity (Wildman–Crippen MR) is 116 cm³/mol. The van der Waals surface area contributed by atoms with Crippen molar-refractivity contribution in [3.05, 3.63) is 65.5 Å². The van der Waals surface area contributed by atoms with Crippen LogP contribution in [0.25, 0.3) is 31.0 Å². The lowest BCUT2D eigenvalue weighted by molar-refractivity contribution is 0.340. The topological polar surface area (TPSA) is 9.23 Å². The summed E-state index contributed by atoms with van der Waals surface area (Å²) in [6.45, 7) is 4.95. The minimum atomic E-state index is 0.701. The number of thiophene rings is 2. The second-order valence-corrected chi connectivity index (χ2v) is 8.59. The van der Waals surface area contributed by atoms with E-state index < -0.39 is 0 Å². The molecule has 0 atom stereocenters. The van der Waals surface area contributed by atoms with E-state index in [0.29, 0.717) is 6.61 Å². The van der Waals surface area contributed by atoms with Crippen molar-refractivity contribution < 1.29 is 4.74 Å². The molecule has 1 nitrogen and oxygen atoms in total. The second kappa shape index (κ2) is 7.65. The molecule has 0 spiro atoms. The van der Waals surface area contributed by atoms with Crippen LogP contribution in [0.2, 0.25) is 0 Å². The Morgan fingerprint density at radius 2 is 1.35 bits per heavy atom. The van der Waals surface area contributed by atoms with E-state index in [1.807, 2.05) is 41.7 Å². The fraction of sp³-hybridized carbons (Fsp3) is 0.217. The van der Waals surface area contributed by atoms with Crippen molar-refractivity contribution in [1.29, 1.82) is 0 Å². The van der Waals surface area contributed by atoms with Crippen LogP contribution in [0.15, 0.2) is 60.7 Å². The Hall–Kier alpha value is -2.10. The van der Waals surface area contributed by atoms with Gasteiger partial charge in [0.05, 0.1) is 6.61 Å². The van der Waals surface area contributed by atoms with Crippen LogP contribution in [0.4, 0.5) is 0 Å². The molecule has 0 radical (unpaired) electrons. The van der Waals surface area contributed by atoms with Crippen molar-refractivity contribution in [1.82, 2.24) is 0 Å². The summed E-state index contributed by atoms with van der Waals surface area (Å²) in [4.78, 5) is 2.86. The van der Waals surface area contributed by atoms with Crippen LogP contribution in [0.3, 0.4) is 0 Å². The number of ether oxygens (including phenoxy) is 1. The zero-order valence-corrected chi connectivity index (χ0v) is 16.8. The molecule has 3 heteroatoms. The molecule has 2 heterocycles. The summed E-state index contributed by atoms with van der Waals surface area (Å²) in [6.07, 6.45) is 2.41. The summed E-state index contributed by atoms with van der Waals surface area (Å²) < 4.78 is 8.36. The number of benzene rings is 2. The number of fused-ring (bicyclic) bond motifs is 1. The first-order valence-electron chi connectivity index (χ1n) is 9.12. The Balaban J connectivity index is 1.56. The van der Waals surface area contributed by atoms with Gasteiger partial charge in [-0.1, -0.05) is 49.7 Å². The van der Waals surface area contributed by atoms with Gasteiger partial charge in [-0.2, -0.15) is 0 Å². The van der Waals surface area contributed by atoms with Gasteiger partial charge in [-0.05, 0) is 54.3 Å². The maximum Gasteiger partial charge on any atom is 0.119 e. The lowest BCUT2D eigenvalue weighted by atomic mass is 10.0. The van der Waals surface area contributed by atoms with Crippen LogP contribution in [0.5, 0.6) is 5.75 Å². The van der Waals surface area contributed by atoms with Crippen LogP contribution in [-0.4, -0.2) is 6.61 Å². The molecule has 0 amide bonds. The Morgan fingerprint density at radius 3 is 1.96 bits per heavy atom. The fourth-order valence-corrected chi connectivity index (χ4v) is 5.66. The molecule has 0 aliphatic rings. The maximum atomic E-state index is 5.52. The van der Waals surface area contributed by atoms with E-state index in [9.17, 15) is 0 Å². The smallest absolute Gasteiger partial charge is 0.119 e. The normalized spacial score (nSPS) is 11.2. The van der Waals surface area contributed by atoms with Crippen LogP contribution in [-0.2, 0) is 6.42 Å². The number of hydrogen-bond donors (Lipinski definition) is 0. The zero-order chi connectivity index (χ0) is 17.9. The van der Waals surface area contributed by atoms with Crippen molar-refractivity contribution >= 4 is 32.1 Å². The average molecular weight is 379 g/mol. The minimum absolute atomic E-state index is 0.701. The number of rotatable bonds is 6. The zero-order valence-electron chi connectivity index (χ0n) is 15.1. The van der Waals surface area contributed by atoms with Gasteiger partial charge in [0, 0.05) is 19.2 Å². The third kappa shape index (κ3) is 3.55. The van der Waals surface area contributed by atoms with Crippen LogP contribution >= 0.6 is 22.7 Å². The van der Waals surface area contributed by atoms with Gasteiger partial charge in [-0.25, -0.2) is 0 Å². The molecule has 0 bridgehead atoms. The molecular formula is C23H22OS2. The molecular weight excluding hydrogens is 356 g/mol. The highest BCUT2D eigenvalue weighted by molar-refractivity contribution is 7.29. The first kappa shape index (κ1) is 17.3. The lowest BCUT2D eigenvalue weighted by Crippen LogP contribution is -1.90. The van der Waals surface area contributed by atoms with E-state index in [1.54, 1.807) is 0 Å². The van der Waals surface area contributed by atoms with Gasteiger partial charge in [0.1, 0.15) is 5.75 Å². The molecule has 2 aromatic heterocycles. The van der Waals surface area contributed by atoms with Crippen molar-refractivity contribution in [2.45, 2.75) is 26.7 Å². The fourth-order valence-electron chi connectivity index (χ4n) is 3.13. The summed E-state index contributed by atoms with van der Waals surface area (Å²) in [5.41, 5.74) is 3.75. The molecule has 0 aliphatic heterocycles. The van der Waals surface area contributed by atoms with E-state index in [0.717, 1.165) is 5.75 Å². The highest BCUT2D eigenvalue weighted by Crippen LogP contribution is 2.39. The molecule has 0 fully saturated rings. The monoisotopic (exact) mass is 378 g/mol. The van der Waals surface area contributed by atoms with E-state index in [1.165, 1.54) is 48.7 Å². The molecule has 0 N–H and O–H groups in total. The quantitative estimate of drug-likeness (QED) is 0.335. The third-order valence-corrected chi connectivity index (χ3v) is 6.82. The van der Waals surface area contributed by atoms with Gasteiger partial charge < -0.3 is 4.74 Å². The first-order chi connectivity index (χ1) is 12.8. The van der Waals surface area contributed by atoms with Crippen molar-refractivity contribution in [2.75, 3.05) is 6.61 Å². The van der Waals surface area contributed by atoms with Crippen molar-refractivity contribution in [3.63, 3.8) is 0 Å². The van der Waals surface area contributed by atoms with Crippen LogP contribution in [0, 0.1) is 0 Å². The Kier molecular flexibility index (Phi) is 5.09. The standard InChI is InChI=1S/C23H22OS2/c1-3-5-20-14-22-23(25-20)15-21(26-22)18-8-6-16(7-9-18)17-10-12-19(13-11-17)24-4-2/h6-15H,3-5H2,1-2H3. The molecule has 0 saturated heterocycles. The summed E-state index contributed by atoms with van der Waals surface area (Å²) in [5, 5.41) is 0. The number of aryl methyl sites for hydroxylation is 1. The van der Waals surface area contributed by atoms with E-state index in [4.69, 9.17) is 4.74 Å². The molecule has 132 valence electrons. The van der Waals surface area contributed by atoms with Crippen molar-refractivity contribution in [3.8, 4) is 27.3 Å². The summed E-state index contributed by atoms with van der Waals surface area (Å²) in [6, 6.07) is 21.9. The second-order valence-electron chi connectivity index (χ2n) is 6.34. The molecule has 2 aromatic carbocycles. The number of hydrogen-bond acceptors (Lipinski definition) is 3. The Labute approximate surface area is 162 Å². The van der Waals surface area contributed by atoms with Crippen LogP contribution < -0.4 is 4.74 Å². The minimum Gasteiger partial charge on any atom is -0.494 e. The lowest BCUT2D eigenvalue weighted by Gasteiger charge is -2.06. The molecule has 0 aliphatic carbocycles. The Morgan fingerprint density at radius 1 is 0.731 bits per heavy atom. The van der Waals surface area contributed by atoms with Crippen LogP contribution in [0.1, 0.15) is 25.1 Å². The van der Waals surface area contributed by atoms with Gasteiger partial charge in [-0.3, -0.25) is 0 Å². The molecule has 0 unspecified atom stereocenters. The average Bonchev–Trinajstić information content (AvgIpc) is 3.22. The molecule has 0 saturated carbocycles. The Bertz CT molecular complexity index is 960. The summed E-state index contributed by atoms with van der Waals surface area (Å²) >= 11 is 3.84. The molecule has 4 aromatic rings. The maximum absolute atomic E-state index is 5.52. The summed E-state index contributed by atoms with van der Waals surface area (Å²) in [7, 11) is 0. The first-order valence-corrected chi connectivity index (χ1v) is 10.8. The van der Waals surface area contributed by atoms with E-state index in [-0.39, 0.29) is 0 Å². The van der Waals surface area contributed by atoms with E-state index in [2.05, 4.69) is 55.5 Å². The highest BCUT2D eigenvalue weighted by Gasteiger charge is 2.08. The van der Waals surface area contributed by atoms with Gasteiger partial charge in [0.15, 0.2) is 0 Å². The summed E-state index contributed by atoms with van der Waals surface area (Å²) in [5.74, 6) is 0.925. The van der Waals surface area contributed by atoms with Gasteiger partial charge in [0.25, 0.3) is 0 Å². The molecule has 26 heavy (non-hydrogen) atoms. The van der Waals surface area contributed by atoms with E-state index >= 15 is 0 Å². The van der Waals surface area contributed by atoms with Gasteiger partial charge >= 0.3 is 0 Å². The SMILES string of the molecule is CCCc1cc2sc(-c3ccc(-c4ccc(OCC)cc4)cc3)cc2s1. The van der Waals surface area contributed by atoms with Gasteiger partial charge in [-0.15, -0.1) is 22.7 Å².